The number of nitrogens with one attached hydrogen (secondary N) is 4. The summed E-state index contributed by atoms with van der Waals surface area (Å²) in [7, 11) is 1.83. The number of nitrogens with zero attached hydrogens (tertiary/aromatic N) is 9. The van der Waals surface area contributed by atoms with Gasteiger partial charge in [0.1, 0.15) is 23.2 Å². The maximum atomic E-state index is 15.3. The molecule has 2 aromatic heterocycles. The molecule has 4 saturated heterocycles. The molecule has 2 saturated carbocycles. The summed E-state index contributed by atoms with van der Waals surface area (Å²) in [5.74, 6) is -0.203. The zero-order valence-electron chi connectivity index (χ0n) is 40.0. The first-order chi connectivity index (χ1) is 33.5. The summed E-state index contributed by atoms with van der Waals surface area (Å²) in [5.41, 5.74) is 2.11. The van der Waals surface area contributed by atoms with Crippen LogP contribution in [0, 0.1) is 17.7 Å². The molecule has 4 N–H and O–H groups in total. The smallest absolute Gasteiger partial charge is 0.343 e. The van der Waals surface area contributed by atoms with Crippen molar-refractivity contribution in [2.24, 2.45) is 18.9 Å². The van der Waals surface area contributed by atoms with Crippen molar-refractivity contribution in [1.29, 1.82) is 0 Å². The minimum Gasteiger partial charge on any atom is -0.462 e. The van der Waals surface area contributed by atoms with E-state index in [9.17, 15) is 24.0 Å². The fourth-order valence-electron chi connectivity index (χ4n) is 11.4. The third kappa shape index (κ3) is 11.6. The van der Waals surface area contributed by atoms with Crippen molar-refractivity contribution in [3.63, 3.8) is 0 Å². The average Bonchev–Trinajstić information content (AvgIpc) is 3.78. The Morgan fingerprint density at radius 2 is 1.39 bits per heavy atom. The lowest BCUT2D eigenvalue weighted by Gasteiger charge is -2.44. The number of hydrogen-bond acceptors (Lipinski definition) is 15. The minimum atomic E-state index is -0.564. The SMILES string of the molecule is CCOC(=O)c1cnc(Nc2cnn(C)c2)nc1NC1CCC(N2CCN(C(=O)C3CCC(C(=O)N4CCC(N5CCN(c6ccc(NC7CCC(=O)NC7=O)cc6F)CC5)CC4)CC3)CC2)CC1. The number of aromatic nitrogens is 4. The highest BCUT2D eigenvalue weighted by molar-refractivity contribution is 6.01. The molecule has 4 amide bonds. The molecule has 69 heavy (non-hydrogen) atoms. The van der Waals surface area contributed by atoms with Crippen LogP contribution in [0.15, 0.2) is 36.8 Å². The predicted molar refractivity (Wildman–Crippen MR) is 257 cm³/mol. The molecule has 0 radical (unpaired) electrons. The highest BCUT2D eigenvalue weighted by atomic mass is 19.1. The largest absolute Gasteiger partial charge is 0.462 e. The van der Waals surface area contributed by atoms with E-state index in [0.29, 0.717) is 60.3 Å². The van der Waals surface area contributed by atoms with Crippen LogP contribution in [0.4, 0.5) is 33.2 Å². The number of piperazine rings is 2. The number of benzene rings is 1. The summed E-state index contributed by atoms with van der Waals surface area (Å²) in [5, 5.41) is 16.3. The quantitative estimate of drug-likeness (QED) is 0.142. The van der Waals surface area contributed by atoms with E-state index in [-0.39, 0.29) is 60.4 Å². The average molecular weight is 954 g/mol. The molecule has 6 aliphatic rings. The molecule has 2 aliphatic carbocycles. The number of carbonyl (C=O) groups is 5. The Balaban J connectivity index is 0.662. The number of aryl methyl sites for hydroxylation is 1. The monoisotopic (exact) mass is 954 g/mol. The van der Waals surface area contributed by atoms with E-state index in [0.717, 1.165) is 122 Å². The van der Waals surface area contributed by atoms with E-state index < -0.39 is 12.0 Å². The van der Waals surface area contributed by atoms with Crippen molar-refractivity contribution in [2.45, 2.75) is 108 Å². The number of rotatable bonds is 13. The lowest BCUT2D eigenvalue weighted by molar-refractivity contribution is -0.143. The Labute approximate surface area is 403 Å². The Kier molecular flexibility index (Phi) is 15.2. The number of ether oxygens (including phenoxy) is 1. The lowest BCUT2D eigenvalue weighted by Crippen LogP contribution is -2.55. The first-order valence-electron chi connectivity index (χ1n) is 25.2. The number of piperidine rings is 2. The molecule has 0 bridgehead atoms. The molecule has 19 nitrogen and oxygen atoms in total. The Morgan fingerprint density at radius 3 is 2.00 bits per heavy atom. The van der Waals surface area contributed by atoms with Crippen LogP contribution in [-0.2, 0) is 31.0 Å². The van der Waals surface area contributed by atoms with Gasteiger partial charge in [-0.05, 0) is 95.8 Å². The second-order valence-corrected chi connectivity index (χ2v) is 19.7. The Morgan fingerprint density at radius 1 is 0.754 bits per heavy atom. The van der Waals surface area contributed by atoms with Crippen molar-refractivity contribution < 1.29 is 33.1 Å². The van der Waals surface area contributed by atoms with Gasteiger partial charge in [0.25, 0.3) is 0 Å². The summed E-state index contributed by atoms with van der Waals surface area (Å²) in [4.78, 5) is 84.2. The van der Waals surface area contributed by atoms with Gasteiger partial charge in [-0.15, -0.1) is 0 Å². The topological polar surface area (TPSA) is 202 Å². The number of hydrogen-bond donors (Lipinski definition) is 4. The van der Waals surface area contributed by atoms with Crippen LogP contribution >= 0.6 is 0 Å². The van der Waals surface area contributed by atoms with Gasteiger partial charge in [-0.25, -0.2) is 14.2 Å². The molecule has 6 fully saturated rings. The summed E-state index contributed by atoms with van der Waals surface area (Å²) in [6.45, 7) is 9.74. The highest BCUT2D eigenvalue weighted by Crippen LogP contribution is 2.34. The molecule has 1 aromatic carbocycles. The number of carbonyl (C=O) groups excluding carboxylic acids is 5. The number of esters is 1. The number of anilines is 5. The van der Waals surface area contributed by atoms with E-state index in [1.807, 2.05) is 13.2 Å². The van der Waals surface area contributed by atoms with Crippen molar-refractivity contribution in [3.05, 3.63) is 48.2 Å². The normalized spacial score (nSPS) is 25.5. The summed E-state index contributed by atoms with van der Waals surface area (Å²) >= 11 is 0. The molecule has 372 valence electrons. The minimum absolute atomic E-state index is 0.0196. The van der Waals surface area contributed by atoms with Gasteiger partial charge in [0.05, 0.1) is 24.2 Å². The van der Waals surface area contributed by atoms with Crippen molar-refractivity contribution in [2.75, 3.05) is 92.9 Å². The fraction of sp³-hybridized carbons (Fsp3) is 0.633. The van der Waals surface area contributed by atoms with Crippen LogP contribution in [0.25, 0.3) is 0 Å². The van der Waals surface area contributed by atoms with Gasteiger partial charge in [0, 0.05) is 127 Å². The lowest BCUT2D eigenvalue weighted by atomic mass is 9.80. The summed E-state index contributed by atoms with van der Waals surface area (Å²) in [6, 6.07) is 5.38. The first-order valence-corrected chi connectivity index (χ1v) is 25.2. The van der Waals surface area contributed by atoms with Gasteiger partial charge >= 0.3 is 5.97 Å². The van der Waals surface area contributed by atoms with Gasteiger partial charge in [0.2, 0.25) is 29.6 Å². The molecule has 1 atom stereocenters. The van der Waals surface area contributed by atoms with Gasteiger partial charge in [-0.1, -0.05) is 0 Å². The van der Waals surface area contributed by atoms with Gasteiger partial charge in [-0.2, -0.15) is 10.1 Å². The van der Waals surface area contributed by atoms with Crippen molar-refractivity contribution in [1.82, 2.24) is 44.7 Å². The standard InChI is InChI=1S/C49H68FN13O6/c1-3-69-48(68)39-30-51-49(55-36-29-52-58(2)31-36)57-44(39)54-34-8-11-37(12-9-34)59-22-26-63(27-23-59)47(67)33-6-4-32(5-7-33)46(66)62-18-16-38(17-19-62)60-20-24-61(25-21-60)42-14-10-35(28-40(42)50)53-41-13-15-43(64)56-45(41)65/h10,14,28-34,37-38,41,53H,3-9,11-13,15-27H2,1-2H3,(H,56,64,65)(H2,51,54,55,57). The van der Waals surface area contributed by atoms with Crippen LogP contribution in [0.5, 0.6) is 0 Å². The Hall–Kier alpha value is -5.89. The first kappa shape index (κ1) is 48.1. The number of halogens is 1. The van der Waals surface area contributed by atoms with E-state index in [2.05, 4.69) is 60.8 Å². The second-order valence-electron chi connectivity index (χ2n) is 19.7. The molecule has 0 spiro atoms. The number of imide groups is 1. The molecule has 6 heterocycles. The maximum Gasteiger partial charge on any atom is 0.343 e. The van der Waals surface area contributed by atoms with Gasteiger partial charge < -0.3 is 35.4 Å². The molecule has 3 aromatic rings. The van der Waals surface area contributed by atoms with E-state index in [1.54, 1.807) is 29.9 Å². The molecule has 1 unspecified atom stereocenters. The summed E-state index contributed by atoms with van der Waals surface area (Å²) in [6.07, 6.45) is 14.4. The molecular formula is C49H68FN13O6. The van der Waals surface area contributed by atoms with Crippen LogP contribution in [0.1, 0.15) is 94.3 Å². The number of likely N-dealkylation sites (tertiary alicyclic amines) is 1. The second kappa shape index (κ2) is 21.8. The van der Waals surface area contributed by atoms with E-state index in [4.69, 9.17) is 4.74 Å². The van der Waals surface area contributed by atoms with Gasteiger partial charge in [0.15, 0.2) is 0 Å². The fourth-order valence-corrected chi connectivity index (χ4v) is 11.4. The zero-order chi connectivity index (χ0) is 48.0. The van der Waals surface area contributed by atoms with Crippen LogP contribution in [0.3, 0.4) is 0 Å². The number of amides is 4. The van der Waals surface area contributed by atoms with E-state index in [1.165, 1.54) is 12.3 Å². The van der Waals surface area contributed by atoms with Gasteiger partial charge in [-0.3, -0.25) is 39.0 Å². The molecule has 20 heteroatoms. The van der Waals surface area contributed by atoms with Crippen LogP contribution in [0.2, 0.25) is 0 Å². The third-order valence-corrected chi connectivity index (χ3v) is 15.3. The van der Waals surface area contributed by atoms with Crippen LogP contribution < -0.4 is 26.2 Å². The highest BCUT2D eigenvalue weighted by Gasteiger charge is 2.38. The predicted octanol–water partition coefficient (Wildman–Crippen LogP) is 3.97. The third-order valence-electron chi connectivity index (χ3n) is 15.3. The maximum absolute atomic E-state index is 15.3. The van der Waals surface area contributed by atoms with Crippen molar-refractivity contribution in [3.8, 4) is 0 Å². The van der Waals surface area contributed by atoms with E-state index >= 15 is 4.39 Å². The molecule has 9 rings (SSSR count). The van der Waals surface area contributed by atoms with Crippen molar-refractivity contribution >= 4 is 58.4 Å². The van der Waals surface area contributed by atoms with Crippen LogP contribution in [-0.4, -0.2) is 165 Å². The summed E-state index contributed by atoms with van der Waals surface area (Å²) < 4.78 is 22.3. The zero-order valence-corrected chi connectivity index (χ0v) is 40.0. The molecule has 4 aliphatic heterocycles. The Bertz CT molecular complexity index is 2310. The molecular weight excluding hydrogens is 886 g/mol.